The lowest BCUT2D eigenvalue weighted by atomic mass is 9.90. The number of phosphoric ester groups is 1. The smallest absolute Gasteiger partial charge is 0.462 e. The molecule has 1 aromatic carbocycles. The molecule has 11 heteroatoms. The first-order valence-corrected chi connectivity index (χ1v) is 14.9. The molecule has 0 spiro atoms. The minimum atomic E-state index is -4.83. The minimum absolute atomic E-state index is 0.0566. The number of ketones is 1. The summed E-state index contributed by atoms with van der Waals surface area (Å²) in [6.45, 7) is 0. The van der Waals surface area contributed by atoms with Crippen molar-refractivity contribution in [3.05, 3.63) is 54.6 Å². The number of unbranched alkanes of at least 4 members (excludes halogenated alkanes) is 1. The van der Waals surface area contributed by atoms with Gasteiger partial charge in [-0.3, -0.25) is 18.3 Å². The summed E-state index contributed by atoms with van der Waals surface area (Å²) in [6, 6.07) is 8.70. The van der Waals surface area contributed by atoms with Crippen LogP contribution in [0.25, 0.3) is 0 Å². The monoisotopic (exact) mass is 540 g/mol. The van der Waals surface area contributed by atoms with Gasteiger partial charge in [-0.2, -0.15) is 0 Å². The second-order valence-corrected chi connectivity index (χ2v) is 11.7. The van der Waals surface area contributed by atoms with Crippen LogP contribution >= 0.6 is 7.82 Å². The normalized spacial score (nSPS) is 24.4. The second-order valence-electron chi connectivity index (χ2n) is 9.05. The fourth-order valence-corrected chi connectivity index (χ4v) is 5.72. The predicted octanol–water partition coefficient (Wildman–Crippen LogP) is 3.22. The molecule has 5 atom stereocenters. The van der Waals surface area contributed by atoms with Gasteiger partial charge in [-0.1, -0.05) is 42.5 Å². The van der Waals surface area contributed by atoms with Crippen LogP contribution in [0.2, 0.25) is 0 Å². The van der Waals surface area contributed by atoms with Crippen molar-refractivity contribution in [3.8, 4) is 0 Å². The number of carbonyl (C=O) groups is 2. The molecule has 2 fully saturated rings. The van der Waals surface area contributed by atoms with E-state index in [4.69, 9.17) is 9.26 Å². The quantitative estimate of drug-likeness (QED) is 0.140. The number of hydrogen-bond acceptors (Lipinski definition) is 7. The molecule has 3 N–H and O–H groups in total. The molecule has 0 heterocycles. The molecule has 0 bridgehead atoms. The molecule has 1 unspecified atom stereocenters. The van der Waals surface area contributed by atoms with E-state index in [1.54, 1.807) is 30.3 Å². The highest BCUT2D eigenvalue weighted by Crippen LogP contribution is 2.45. The lowest BCUT2D eigenvalue weighted by Gasteiger charge is -2.21. The van der Waals surface area contributed by atoms with Crippen LogP contribution in [0.4, 0.5) is 0 Å². The number of hydrogen-bond donors (Lipinski definition) is 3. The molecule has 2 saturated carbocycles. The van der Waals surface area contributed by atoms with Crippen LogP contribution in [0.5, 0.6) is 0 Å². The van der Waals surface area contributed by atoms with E-state index in [2.05, 4.69) is 0 Å². The van der Waals surface area contributed by atoms with Crippen molar-refractivity contribution in [1.29, 1.82) is 0 Å². The Labute approximate surface area is 213 Å². The maximum Gasteiger partial charge on any atom is 0.469 e. The Balaban J connectivity index is 1.56. The first kappa shape index (κ1) is 28.6. The number of aliphatic hydroxyl groups excluding tert-OH is 1. The highest BCUT2D eigenvalue weighted by atomic mass is 32.2. The fraction of sp³-hybridized carbons (Fsp3) is 0.520. The average molecular weight is 541 g/mol. The number of Topliss-reactive ketones (excluding diaryl/α,β-unsaturated/α-hetero) is 1. The Hall–Kier alpha value is -1.94. The molecule has 0 saturated heterocycles. The summed E-state index contributed by atoms with van der Waals surface area (Å²) in [4.78, 5) is 43.4. The van der Waals surface area contributed by atoms with Gasteiger partial charge in [0.2, 0.25) is 0 Å². The van der Waals surface area contributed by atoms with Crippen LogP contribution in [0.3, 0.4) is 0 Å². The maximum absolute atomic E-state index is 12.6. The SMILES string of the molecule is O=C(CCCC=CC[C@H]1C(=O)C[C@@H](OP(=O)(O)O)[C@@H]1C=C[C@@H](O)CS(=O)c1ccccc1)OC1CC1. The first-order valence-electron chi connectivity index (χ1n) is 12.0. The summed E-state index contributed by atoms with van der Waals surface area (Å²) in [5, 5.41) is 10.4. The Morgan fingerprint density at radius 2 is 1.92 bits per heavy atom. The number of esters is 1. The zero-order chi connectivity index (χ0) is 26.1. The second kappa shape index (κ2) is 13.6. The van der Waals surface area contributed by atoms with Gasteiger partial charge in [0.05, 0.1) is 28.8 Å². The molecule has 3 rings (SSSR count). The van der Waals surface area contributed by atoms with E-state index in [0.717, 1.165) is 12.8 Å². The van der Waals surface area contributed by atoms with Crippen molar-refractivity contribution in [1.82, 2.24) is 0 Å². The van der Waals surface area contributed by atoms with Crippen LogP contribution in [-0.2, 0) is 34.2 Å². The van der Waals surface area contributed by atoms with Crippen molar-refractivity contribution in [2.24, 2.45) is 11.8 Å². The molecular formula is C25H33O9PS. The third-order valence-electron chi connectivity index (χ3n) is 6.00. The van der Waals surface area contributed by atoms with Crippen molar-refractivity contribution >= 4 is 30.4 Å². The van der Waals surface area contributed by atoms with Gasteiger partial charge in [0, 0.05) is 29.6 Å². The van der Waals surface area contributed by atoms with Gasteiger partial charge < -0.3 is 19.6 Å². The van der Waals surface area contributed by atoms with Crippen LogP contribution in [0.1, 0.15) is 44.9 Å². The molecule has 0 aromatic heterocycles. The summed E-state index contributed by atoms with van der Waals surface area (Å²) >= 11 is 0. The number of ether oxygens (including phenoxy) is 1. The molecule has 0 aliphatic heterocycles. The first-order chi connectivity index (χ1) is 17.1. The summed E-state index contributed by atoms with van der Waals surface area (Å²) in [5.41, 5.74) is 0. The van der Waals surface area contributed by atoms with E-state index >= 15 is 0 Å². The Morgan fingerprint density at radius 3 is 2.58 bits per heavy atom. The van der Waals surface area contributed by atoms with E-state index < -0.39 is 42.7 Å². The molecule has 0 amide bonds. The molecule has 1 aromatic rings. The van der Waals surface area contributed by atoms with Crippen molar-refractivity contribution < 1.29 is 42.5 Å². The summed E-state index contributed by atoms with van der Waals surface area (Å²) < 4.78 is 34.0. The minimum Gasteiger partial charge on any atom is -0.462 e. The highest BCUT2D eigenvalue weighted by molar-refractivity contribution is 7.85. The van der Waals surface area contributed by atoms with Gasteiger partial charge in [0.25, 0.3) is 0 Å². The van der Waals surface area contributed by atoms with Crippen molar-refractivity contribution in [2.45, 2.75) is 68.2 Å². The standard InChI is InChI=1S/C25H33O9PS/c26-18(17-36(32)20-8-4-3-5-9-20)12-15-22-21(23(27)16-24(22)34-35(29,30)31)10-6-1-2-7-11-25(28)33-19-13-14-19/h1,3-6,8-9,12,15,18-19,21-22,24,26H,2,7,10-11,13-14,16-17H2,(H2,29,30,31)/t18-,21-,22-,24-,36?/m1/s1. The van der Waals surface area contributed by atoms with Gasteiger partial charge >= 0.3 is 13.8 Å². The summed E-state index contributed by atoms with van der Waals surface area (Å²) in [7, 11) is -6.27. The summed E-state index contributed by atoms with van der Waals surface area (Å²) in [5.74, 6) is -1.70. The Morgan fingerprint density at radius 1 is 1.19 bits per heavy atom. The number of benzene rings is 1. The zero-order valence-corrected chi connectivity index (χ0v) is 21.6. The zero-order valence-electron chi connectivity index (χ0n) is 19.9. The van der Waals surface area contributed by atoms with Crippen LogP contribution in [0, 0.1) is 11.8 Å². The molecule has 2 aliphatic carbocycles. The molecular weight excluding hydrogens is 507 g/mol. The molecule has 36 heavy (non-hydrogen) atoms. The number of carbonyl (C=O) groups excluding carboxylic acids is 2. The van der Waals surface area contributed by atoms with E-state index in [1.807, 2.05) is 12.2 Å². The Bertz CT molecular complexity index is 1020. The van der Waals surface area contributed by atoms with E-state index in [-0.39, 0.29) is 30.0 Å². The number of rotatable bonds is 14. The van der Waals surface area contributed by atoms with E-state index in [1.165, 1.54) is 12.2 Å². The van der Waals surface area contributed by atoms with Gasteiger partial charge in [-0.15, -0.1) is 0 Å². The maximum atomic E-state index is 12.6. The summed E-state index contributed by atoms with van der Waals surface area (Å²) in [6.07, 6.45) is 8.23. The third kappa shape index (κ3) is 9.84. The largest absolute Gasteiger partial charge is 0.469 e. The topological polar surface area (TPSA) is 147 Å². The Kier molecular flexibility index (Phi) is 10.8. The molecule has 2 aliphatic rings. The number of phosphoric acid groups is 1. The third-order valence-corrected chi connectivity index (χ3v) is 7.98. The highest BCUT2D eigenvalue weighted by Gasteiger charge is 2.43. The van der Waals surface area contributed by atoms with Crippen LogP contribution in [-0.4, -0.2) is 54.9 Å². The average Bonchev–Trinajstić information content (AvgIpc) is 3.57. The lowest BCUT2D eigenvalue weighted by molar-refractivity contribution is -0.145. The van der Waals surface area contributed by atoms with Crippen LogP contribution < -0.4 is 0 Å². The number of allylic oxidation sites excluding steroid dienone is 2. The molecule has 0 radical (unpaired) electrons. The van der Waals surface area contributed by atoms with Crippen LogP contribution in [0.15, 0.2) is 59.5 Å². The van der Waals surface area contributed by atoms with Gasteiger partial charge in [-0.05, 0) is 44.2 Å². The number of aliphatic hydroxyl groups is 1. The molecule has 198 valence electrons. The van der Waals surface area contributed by atoms with Gasteiger partial charge in [0.1, 0.15) is 11.9 Å². The lowest BCUT2D eigenvalue weighted by Crippen LogP contribution is -2.22. The predicted molar refractivity (Wildman–Crippen MR) is 133 cm³/mol. The van der Waals surface area contributed by atoms with Crippen molar-refractivity contribution in [2.75, 3.05) is 5.75 Å². The fourth-order valence-electron chi connectivity index (χ4n) is 4.08. The van der Waals surface area contributed by atoms with Crippen molar-refractivity contribution in [3.63, 3.8) is 0 Å². The van der Waals surface area contributed by atoms with Gasteiger partial charge in [0.15, 0.2) is 0 Å². The molecule has 9 nitrogen and oxygen atoms in total. The van der Waals surface area contributed by atoms with E-state index in [9.17, 15) is 33.3 Å². The van der Waals surface area contributed by atoms with Gasteiger partial charge in [-0.25, -0.2) is 4.57 Å². The van der Waals surface area contributed by atoms with E-state index in [0.29, 0.717) is 30.6 Å².